The van der Waals surface area contributed by atoms with Crippen molar-refractivity contribution in [2.75, 3.05) is 17.3 Å². The van der Waals surface area contributed by atoms with Crippen LogP contribution in [0.4, 0.5) is 11.5 Å². The van der Waals surface area contributed by atoms with Gasteiger partial charge in [0.2, 0.25) is 0 Å². The van der Waals surface area contributed by atoms with Crippen molar-refractivity contribution in [1.29, 1.82) is 0 Å². The summed E-state index contributed by atoms with van der Waals surface area (Å²) in [6.07, 6.45) is 0. The first kappa shape index (κ1) is 23.1. The van der Waals surface area contributed by atoms with Crippen LogP contribution < -0.4 is 14.9 Å². The summed E-state index contributed by atoms with van der Waals surface area (Å²) in [6.45, 7) is 1.75. The standard InChI is InChI=1S/C20H17Cl3N4O3S/c1-12(25-26-20-18(22)11-17(21)19(23)24-20)13-3-9-16(10-4-13)31(28,29)27-14-5-7-15(30-2)8-6-14/h3-11,27H,1-2H3,(H,24,26). The second-order valence-corrected chi connectivity index (χ2v) is 9.11. The Morgan fingerprint density at radius 1 is 1.00 bits per heavy atom. The van der Waals surface area contributed by atoms with Crippen LogP contribution in [-0.2, 0) is 10.0 Å². The van der Waals surface area contributed by atoms with Crippen LogP contribution in [0.2, 0.25) is 15.2 Å². The molecule has 0 saturated heterocycles. The molecule has 2 N–H and O–H groups in total. The summed E-state index contributed by atoms with van der Waals surface area (Å²) >= 11 is 17.8. The molecule has 0 amide bonds. The number of anilines is 2. The third-order valence-electron chi connectivity index (χ3n) is 4.14. The van der Waals surface area contributed by atoms with Gasteiger partial charge in [-0.1, -0.05) is 46.9 Å². The van der Waals surface area contributed by atoms with Crippen molar-refractivity contribution in [3.63, 3.8) is 0 Å². The number of benzene rings is 2. The summed E-state index contributed by atoms with van der Waals surface area (Å²) in [4.78, 5) is 4.14. The lowest BCUT2D eigenvalue weighted by Crippen LogP contribution is -2.13. The lowest BCUT2D eigenvalue weighted by Gasteiger charge is -2.10. The lowest BCUT2D eigenvalue weighted by molar-refractivity contribution is 0.415. The largest absolute Gasteiger partial charge is 0.497 e. The van der Waals surface area contributed by atoms with Gasteiger partial charge in [0.25, 0.3) is 10.0 Å². The summed E-state index contributed by atoms with van der Waals surface area (Å²) in [5, 5.41) is 4.81. The van der Waals surface area contributed by atoms with Gasteiger partial charge in [0.15, 0.2) is 5.82 Å². The van der Waals surface area contributed by atoms with E-state index in [1.54, 1.807) is 43.3 Å². The smallest absolute Gasteiger partial charge is 0.261 e. The van der Waals surface area contributed by atoms with Gasteiger partial charge in [0.1, 0.15) is 10.9 Å². The van der Waals surface area contributed by atoms with E-state index < -0.39 is 10.0 Å². The van der Waals surface area contributed by atoms with Gasteiger partial charge in [-0.15, -0.1) is 0 Å². The minimum atomic E-state index is -3.75. The summed E-state index contributed by atoms with van der Waals surface area (Å²) in [6, 6.07) is 14.3. The van der Waals surface area contributed by atoms with E-state index in [0.717, 1.165) is 0 Å². The Bertz CT molecular complexity index is 1220. The highest BCUT2D eigenvalue weighted by Gasteiger charge is 2.14. The third-order valence-corrected chi connectivity index (χ3v) is 6.50. The molecule has 1 heterocycles. The maximum atomic E-state index is 12.6. The fourth-order valence-corrected chi connectivity index (χ4v) is 4.07. The predicted octanol–water partition coefficient (Wildman–Crippen LogP) is 5.69. The van der Waals surface area contributed by atoms with Crippen LogP contribution in [0, 0.1) is 0 Å². The maximum absolute atomic E-state index is 12.6. The van der Waals surface area contributed by atoms with Crippen molar-refractivity contribution in [2.24, 2.45) is 5.10 Å². The lowest BCUT2D eigenvalue weighted by atomic mass is 10.1. The fourth-order valence-electron chi connectivity index (χ4n) is 2.47. The molecule has 0 saturated carbocycles. The maximum Gasteiger partial charge on any atom is 0.261 e. The molecule has 7 nitrogen and oxygen atoms in total. The minimum Gasteiger partial charge on any atom is -0.497 e. The zero-order chi connectivity index (χ0) is 22.6. The zero-order valence-corrected chi connectivity index (χ0v) is 19.4. The number of nitrogens with zero attached hydrogens (tertiary/aromatic N) is 2. The predicted molar refractivity (Wildman–Crippen MR) is 125 cm³/mol. The first-order chi connectivity index (χ1) is 14.7. The number of hydrogen-bond acceptors (Lipinski definition) is 6. The number of nitrogens with one attached hydrogen (secondary N) is 2. The molecule has 0 aliphatic carbocycles. The minimum absolute atomic E-state index is 0.0975. The monoisotopic (exact) mass is 498 g/mol. The Morgan fingerprint density at radius 2 is 1.65 bits per heavy atom. The summed E-state index contributed by atoms with van der Waals surface area (Å²) in [5.41, 5.74) is 4.44. The van der Waals surface area contributed by atoms with E-state index in [1.165, 1.54) is 25.3 Å². The number of hydrazone groups is 1. The van der Waals surface area contributed by atoms with Gasteiger partial charge in [-0.05, 0) is 55.0 Å². The van der Waals surface area contributed by atoms with Crippen molar-refractivity contribution >= 4 is 62.0 Å². The highest BCUT2D eigenvalue weighted by molar-refractivity contribution is 7.92. The molecule has 0 radical (unpaired) electrons. The molecule has 0 unspecified atom stereocenters. The van der Waals surface area contributed by atoms with Crippen LogP contribution >= 0.6 is 34.8 Å². The van der Waals surface area contributed by atoms with Gasteiger partial charge >= 0.3 is 0 Å². The summed E-state index contributed by atoms with van der Waals surface area (Å²) in [7, 11) is -2.21. The number of hydrogen-bond donors (Lipinski definition) is 2. The van der Waals surface area contributed by atoms with Gasteiger partial charge < -0.3 is 4.74 Å². The van der Waals surface area contributed by atoms with E-state index in [9.17, 15) is 8.42 Å². The van der Waals surface area contributed by atoms with E-state index >= 15 is 0 Å². The Balaban J connectivity index is 1.73. The number of halogens is 3. The average molecular weight is 500 g/mol. The first-order valence-corrected chi connectivity index (χ1v) is 11.4. The highest BCUT2D eigenvalue weighted by atomic mass is 35.5. The number of rotatable bonds is 7. The van der Waals surface area contributed by atoms with Crippen LogP contribution in [0.15, 0.2) is 64.6 Å². The Labute approximate surface area is 195 Å². The molecule has 31 heavy (non-hydrogen) atoms. The van der Waals surface area contributed by atoms with Crippen molar-refractivity contribution in [3.8, 4) is 5.75 Å². The van der Waals surface area contributed by atoms with Crippen LogP contribution in [0.3, 0.4) is 0 Å². The average Bonchev–Trinajstić information content (AvgIpc) is 2.75. The van der Waals surface area contributed by atoms with Gasteiger partial charge in [0, 0.05) is 5.69 Å². The molecule has 3 rings (SSSR count). The quantitative estimate of drug-likeness (QED) is 0.248. The van der Waals surface area contributed by atoms with E-state index in [-0.39, 0.29) is 25.9 Å². The summed E-state index contributed by atoms with van der Waals surface area (Å²) < 4.78 is 32.8. The van der Waals surface area contributed by atoms with Crippen molar-refractivity contribution < 1.29 is 13.2 Å². The zero-order valence-electron chi connectivity index (χ0n) is 16.4. The molecule has 0 aliphatic rings. The van der Waals surface area contributed by atoms with Crippen LogP contribution in [0.5, 0.6) is 5.75 Å². The number of pyridine rings is 1. The summed E-state index contributed by atoms with van der Waals surface area (Å²) in [5.74, 6) is 0.881. The molecule has 0 atom stereocenters. The molecule has 0 bridgehead atoms. The van der Waals surface area contributed by atoms with Gasteiger partial charge in [0.05, 0.1) is 27.8 Å². The van der Waals surface area contributed by atoms with E-state index in [1.807, 2.05) is 0 Å². The fraction of sp³-hybridized carbons (Fsp3) is 0.100. The van der Waals surface area contributed by atoms with E-state index in [0.29, 0.717) is 22.7 Å². The van der Waals surface area contributed by atoms with E-state index in [2.05, 4.69) is 20.2 Å². The Kier molecular flexibility index (Phi) is 7.27. The normalized spacial score (nSPS) is 11.8. The molecule has 11 heteroatoms. The third kappa shape index (κ3) is 5.80. The molecule has 0 fully saturated rings. The van der Waals surface area contributed by atoms with Crippen molar-refractivity contribution in [2.45, 2.75) is 11.8 Å². The number of ether oxygens (including phenoxy) is 1. The first-order valence-electron chi connectivity index (χ1n) is 8.79. The van der Waals surface area contributed by atoms with Gasteiger partial charge in [-0.2, -0.15) is 5.10 Å². The highest BCUT2D eigenvalue weighted by Crippen LogP contribution is 2.29. The number of sulfonamides is 1. The molecule has 2 aromatic carbocycles. The second kappa shape index (κ2) is 9.74. The number of aromatic nitrogens is 1. The molecule has 162 valence electrons. The SMILES string of the molecule is COc1ccc(NS(=O)(=O)c2ccc(C(C)=NNc3nc(Cl)c(Cl)cc3Cl)cc2)cc1. The van der Waals surface area contributed by atoms with Crippen LogP contribution in [-0.4, -0.2) is 26.2 Å². The molecule has 0 spiro atoms. The van der Waals surface area contributed by atoms with Crippen molar-refractivity contribution in [3.05, 3.63) is 75.4 Å². The van der Waals surface area contributed by atoms with Crippen LogP contribution in [0.1, 0.15) is 12.5 Å². The van der Waals surface area contributed by atoms with Gasteiger partial charge in [-0.25, -0.2) is 13.4 Å². The molecule has 0 aliphatic heterocycles. The molecular weight excluding hydrogens is 483 g/mol. The van der Waals surface area contributed by atoms with Crippen LogP contribution in [0.25, 0.3) is 0 Å². The number of methoxy groups -OCH3 is 1. The molecule has 3 aromatic rings. The topological polar surface area (TPSA) is 92.7 Å². The molecule has 1 aromatic heterocycles. The van der Waals surface area contributed by atoms with Crippen molar-refractivity contribution in [1.82, 2.24) is 4.98 Å². The van der Waals surface area contributed by atoms with Gasteiger partial charge in [-0.3, -0.25) is 10.1 Å². The second-order valence-electron chi connectivity index (χ2n) is 6.26. The molecular formula is C20H17Cl3N4O3S. The Hall–Kier alpha value is -2.52. The van der Waals surface area contributed by atoms with E-state index in [4.69, 9.17) is 39.5 Å². The Morgan fingerprint density at radius 3 is 2.26 bits per heavy atom.